The van der Waals surface area contributed by atoms with Gasteiger partial charge in [0.15, 0.2) is 0 Å². The van der Waals surface area contributed by atoms with Gasteiger partial charge in [0.2, 0.25) is 11.8 Å². The average molecular weight is 572 g/mol. The van der Waals surface area contributed by atoms with Gasteiger partial charge in [-0.2, -0.15) is 0 Å². The number of hydrogen-bond donors (Lipinski definition) is 1. The lowest BCUT2D eigenvalue weighted by molar-refractivity contribution is -0.152. The molecule has 5 heterocycles. The Morgan fingerprint density at radius 3 is 2.68 bits per heavy atom. The van der Waals surface area contributed by atoms with Gasteiger partial charge in [0.05, 0.1) is 34.7 Å². The summed E-state index contributed by atoms with van der Waals surface area (Å²) < 4.78 is 6.15. The Balaban J connectivity index is 1.31. The second kappa shape index (κ2) is 10.1. The van der Waals surface area contributed by atoms with Crippen LogP contribution in [0.1, 0.15) is 5.56 Å². The van der Waals surface area contributed by atoms with Crippen molar-refractivity contribution in [1.29, 1.82) is 0 Å². The molecular weight excluding hydrogens is 542 g/mol. The van der Waals surface area contributed by atoms with Crippen molar-refractivity contribution in [2.45, 2.75) is 35.2 Å². The number of para-hydroxylation sites is 1. The van der Waals surface area contributed by atoms with Crippen LogP contribution in [0.25, 0.3) is 11.0 Å². The molecule has 41 heavy (non-hydrogen) atoms. The maximum atomic E-state index is 14.6. The molecule has 0 saturated carbocycles. The fourth-order valence-electron chi connectivity index (χ4n) is 6.80. The van der Waals surface area contributed by atoms with E-state index in [-0.39, 0.29) is 36.9 Å². The topological polar surface area (TPSA) is 118 Å². The van der Waals surface area contributed by atoms with Crippen molar-refractivity contribution in [3.8, 4) is 0 Å². The fraction of sp³-hybridized carbons (Fsp3) is 0.367. The van der Waals surface area contributed by atoms with Gasteiger partial charge in [0.25, 0.3) is 0 Å². The molecular formula is C30H29N5O5S. The number of carbonyl (C=O) groups is 3. The molecule has 1 aromatic heterocycles. The predicted octanol–water partition coefficient (Wildman–Crippen LogP) is 1.80. The van der Waals surface area contributed by atoms with Gasteiger partial charge in [-0.3, -0.25) is 14.4 Å². The molecule has 11 heteroatoms. The minimum atomic E-state index is -0.993. The highest BCUT2D eigenvalue weighted by atomic mass is 32.2. The van der Waals surface area contributed by atoms with Crippen molar-refractivity contribution >= 4 is 40.6 Å². The number of amides is 2. The summed E-state index contributed by atoms with van der Waals surface area (Å²) in [4.78, 5) is 45.5. The van der Waals surface area contributed by atoms with E-state index >= 15 is 0 Å². The van der Waals surface area contributed by atoms with Gasteiger partial charge in [-0.05, 0) is 24.1 Å². The number of nitrogens with zero attached hydrogens (tertiary/aromatic N) is 5. The fourth-order valence-corrected chi connectivity index (χ4v) is 8.78. The van der Waals surface area contributed by atoms with E-state index in [1.54, 1.807) is 20.6 Å². The zero-order valence-electron chi connectivity index (χ0n) is 22.2. The lowest BCUT2D eigenvalue weighted by Gasteiger charge is -2.38. The quantitative estimate of drug-likeness (QED) is 0.352. The Labute approximate surface area is 240 Å². The van der Waals surface area contributed by atoms with Crippen LogP contribution < -0.4 is 0 Å². The summed E-state index contributed by atoms with van der Waals surface area (Å²) in [6, 6.07) is 15.6. The van der Waals surface area contributed by atoms with Crippen LogP contribution in [0.3, 0.4) is 0 Å². The van der Waals surface area contributed by atoms with Crippen LogP contribution in [0.2, 0.25) is 0 Å². The zero-order valence-corrected chi connectivity index (χ0v) is 23.0. The summed E-state index contributed by atoms with van der Waals surface area (Å²) in [5, 5.41) is 18.8. The second-order valence-electron chi connectivity index (χ2n) is 10.9. The van der Waals surface area contributed by atoms with Crippen LogP contribution in [0, 0.1) is 11.8 Å². The Morgan fingerprint density at radius 2 is 1.85 bits per heavy atom. The third-order valence-corrected chi connectivity index (χ3v) is 10.3. The number of rotatable bonds is 6. The van der Waals surface area contributed by atoms with E-state index in [0.717, 1.165) is 16.6 Å². The van der Waals surface area contributed by atoms with Gasteiger partial charge in [-0.25, -0.2) is 4.68 Å². The van der Waals surface area contributed by atoms with Crippen LogP contribution in [0.5, 0.6) is 0 Å². The number of likely N-dealkylation sites (tertiary alicyclic amines) is 1. The van der Waals surface area contributed by atoms with Gasteiger partial charge in [0.1, 0.15) is 24.8 Å². The van der Waals surface area contributed by atoms with Crippen LogP contribution in [-0.2, 0) is 32.2 Å². The number of esters is 1. The van der Waals surface area contributed by atoms with E-state index in [9.17, 15) is 19.5 Å². The van der Waals surface area contributed by atoms with E-state index in [1.807, 2.05) is 72.8 Å². The van der Waals surface area contributed by atoms with Crippen molar-refractivity contribution in [3.05, 3.63) is 84.5 Å². The molecule has 2 aromatic carbocycles. The summed E-state index contributed by atoms with van der Waals surface area (Å²) >= 11 is 1.48. The molecule has 1 unspecified atom stereocenters. The molecule has 10 nitrogen and oxygen atoms in total. The Morgan fingerprint density at radius 1 is 1.05 bits per heavy atom. The highest BCUT2D eigenvalue weighted by Crippen LogP contribution is 2.61. The van der Waals surface area contributed by atoms with E-state index in [2.05, 4.69) is 10.3 Å². The summed E-state index contributed by atoms with van der Waals surface area (Å²) in [6.07, 6.45) is 7.98. The third kappa shape index (κ3) is 4.09. The lowest BCUT2D eigenvalue weighted by atomic mass is 9.78. The largest absolute Gasteiger partial charge is 0.461 e. The predicted molar refractivity (Wildman–Crippen MR) is 151 cm³/mol. The normalized spacial score (nSPS) is 29.6. The summed E-state index contributed by atoms with van der Waals surface area (Å²) in [5.74, 6) is -2.50. The number of ether oxygens (including phenoxy) is 1. The molecule has 0 radical (unpaired) electrons. The number of aliphatic hydroxyl groups is 1. The number of benzene rings is 2. The minimum Gasteiger partial charge on any atom is -0.461 e. The maximum absolute atomic E-state index is 14.6. The molecule has 2 fully saturated rings. The second-order valence-corrected chi connectivity index (χ2v) is 12.3. The van der Waals surface area contributed by atoms with Crippen molar-refractivity contribution < 1.29 is 24.2 Å². The van der Waals surface area contributed by atoms with Gasteiger partial charge >= 0.3 is 5.97 Å². The first-order valence-electron chi connectivity index (χ1n) is 13.7. The molecule has 3 aromatic rings. The number of cyclic esters (lactones) is 1. The Hall–Kier alpha value is -3.96. The molecule has 210 valence electrons. The third-order valence-electron chi connectivity index (χ3n) is 8.58. The lowest BCUT2D eigenvalue weighted by Crippen LogP contribution is -2.57. The summed E-state index contributed by atoms with van der Waals surface area (Å²) in [5.41, 5.74) is 2.46. The highest BCUT2D eigenvalue weighted by Gasteiger charge is 2.71. The Kier molecular flexibility index (Phi) is 6.43. The first kappa shape index (κ1) is 26.0. The molecule has 1 spiro atoms. The number of fused-ring (bicyclic) bond motifs is 3. The summed E-state index contributed by atoms with van der Waals surface area (Å²) in [6.45, 7) is 0.284. The summed E-state index contributed by atoms with van der Waals surface area (Å²) in [7, 11) is 0. The average Bonchev–Trinajstić information content (AvgIpc) is 3.54. The van der Waals surface area contributed by atoms with Crippen LogP contribution >= 0.6 is 11.8 Å². The number of thioether (sulfide) groups is 1. The number of aromatic nitrogens is 3. The van der Waals surface area contributed by atoms with Crippen molar-refractivity contribution in [1.82, 2.24) is 24.8 Å². The first-order valence-corrected chi connectivity index (χ1v) is 14.6. The standard InChI is InChI=1S/C30H29N5O5S/c36-17-20(16-19-8-2-1-3-9-19)35-26-28(38)33(18-34-22-11-5-4-10-21(22)31-32-34)14-7-13-30(26)25(27(35)37)24-23(41-30)12-6-15-40-29(24)39/h1-13,20,23-26,36H,14-18H2/t20-,23+,24-,25+,26?,30+/m1/s1. The number of aliphatic hydroxyl groups excluding tert-OH is 1. The minimum absolute atomic E-state index is 0.144. The van der Waals surface area contributed by atoms with Crippen LogP contribution in [0.4, 0.5) is 0 Å². The molecule has 1 N–H and O–H groups in total. The van der Waals surface area contributed by atoms with E-state index in [1.165, 1.54) is 11.8 Å². The monoisotopic (exact) mass is 571 g/mol. The molecule has 2 amide bonds. The molecule has 4 aliphatic rings. The molecule has 4 aliphatic heterocycles. The van der Waals surface area contributed by atoms with Gasteiger partial charge in [-0.1, -0.05) is 72.0 Å². The van der Waals surface area contributed by atoms with Gasteiger partial charge in [0, 0.05) is 11.8 Å². The van der Waals surface area contributed by atoms with Crippen molar-refractivity contribution in [3.63, 3.8) is 0 Å². The Bertz CT molecular complexity index is 1570. The molecule has 0 bridgehead atoms. The van der Waals surface area contributed by atoms with E-state index in [4.69, 9.17) is 4.74 Å². The SMILES string of the molecule is O=C1OCC=C[C@@H]2S[C@]34C=CCN(Cn5nnc6ccccc65)C(=O)C3N([C@@H](CO)Cc3ccccc3)C(=O)[C@@H]4[C@H]12. The van der Waals surface area contributed by atoms with Crippen molar-refractivity contribution in [2.24, 2.45) is 11.8 Å². The van der Waals surface area contributed by atoms with Crippen LogP contribution in [-0.4, -0.2) is 89.5 Å². The number of carbonyl (C=O) groups excluding carboxylic acids is 3. The maximum Gasteiger partial charge on any atom is 0.311 e. The number of hydrogen-bond acceptors (Lipinski definition) is 8. The van der Waals surface area contributed by atoms with E-state index < -0.39 is 34.6 Å². The zero-order chi connectivity index (χ0) is 28.1. The molecule has 0 aliphatic carbocycles. The highest BCUT2D eigenvalue weighted by molar-refractivity contribution is 8.02. The van der Waals surface area contributed by atoms with Crippen LogP contribution in [0.15, 0.2) is 78.9 Å². The molecule has 2 saturated heterocycles. The van der Waals surface area contributed by atoms with E-state index in [0.29, 0.717) is 13.0 Å². The first-order chi connectivity index (χ1) is 20.0. The molecule has 6 atom stereocenters. The van der Waals surface area contributed by atoms with Crippen molar-refractivity contribution in [2.75, 3.05) is 19.8 Å². The van der Waals surface area contributed by atoms with Gasteiger partial charge in [-0.15, -0.1) is 16.9 Å². The molecule has 7 rings (SSSR count). The van der Waals surface area contributed by atoms with Gasteiger partial charge < -0.3 is 19.6 Å². The smallest absolute Gasteiger partial charge is 0.311 e.